The second-order valence-corrected chi connectivity index (χ2v) is 4.68. The fourth-order valence-electron chi connectivity index (χ4n) is 2.18. The Kier molecular flexibility index (Phi) is 4.67. The lowest BCUT2D eigenvalue weighted by Gasteiger charge is -2.19. The van der Waals surface area contributed by atoms with Crippen LogP contribution in [0.5, 0.6) is 0 Å². The van der Waals surface area contributed by atoms with E-state index in [0.717, 1.165) is 17.7 Å². The minimum atomic E-state index is -4.70. The van der Waals surface area contributed by atoms with Gasteiger partial charge in [0.25, 0.3) is 0 Å². The maximum atomic E-state index is 13.3. The largest absolute Gasteiger partial charge is 0.472 e. The number of benzene rings is 1. The van der Waals surface area contributed by atoms with Gasteiger partial charge in [-0.2, -0.15) is 13.2 Å². The molecule has 0 radical (unpaired) electrons. The zero-order chi connectivity index (χ0) is 15.5. The molecule has 21 heavy (non-hydrogen) atoms. The quantitative estimate of drug-likeness (QED) is 0.832. The number of likely N-dealkylation sites (N-methyl/N-ethyl adjacent to an activating group) is 1. The Morgan fingerprint density at radius 1 is 1.24 bits per heavy atom. The van der Waals surface area contributed by atoms with Gasteiger partial charge in [-0.1, -0.05) is 13.0 Å². The molecule has 0 saturated heterocycles. The first-order valence-electron chi connectivity index (χ1n) is 6.53. The van der Waals surface area contributed by atoms with E-state index in [4.69, 9.17) is 4.42 Å². The van der Waals surface area contributed by atoms with Crippen LogP contribution in [0.3, 0.4) is 0 Å². The van der Waals surface area contributed by atoms with Gasteiger partial charge in [-0.25, -0.2) is 4.39 Å². The monoisotopic (exact) mass is 301 g/mol. The highest BCUT2D eigenvalue weighted by molar-refractivity contribution is 5.30. The number of nitrogens with one attached hydrogen (secondary N) is 1. The predicted octanol–water partition coefficient (Wildman–Crippen LogP) is 4.33. The molecule has 2 nitrogen and oxygen atoms in total. The number of hydrogen-bond acceptors (Lipinski definition) is 2. The second kappa shape index (κ2) is 6.30. The van der Waals surface area contributed by atoms with Gasteiger partial charge in [0, 0.05) is 6.04 Å². The fraction of sp³-hybridized carbons (Fsp3) is 0.333. The summed E-state index contributed by atoms with van der Waals surface area (Å²) >= 11 is 0. The van der Waals surface area contributed by atoms with Gasteiger partial charge in [-0.15, -0.1) is 0 Å². The van der Waals surface area contributed by atoms with Crippen LogP contribution in [0.1, 0.15) is 29.7 Å². The van der Waals surface area contributed by atoms with Crippen LogP contribution < -0.4 is 5.32 Å². The molecule has 1 atom stereocenters. The van der Waals surface area contributed by atoms with Crippen LogP contribution in [0.15, 0.2) is 41.2 Å². The standard InChI is InChI=1S/C15H15F4NO/c1-2-20-14(7-10-5-6-21-9-10)11-3-4-13(16)12(8-11)15(17,18)19/h3-6,8-9,14,20H,2,7H2,1H3. The lowest BCUT2D eigenvalue weighted by Crippen LogP contribution is -2.23. The van der Waals surface area contributed by atoms with Crippen molar-refractivity contribution in [3.8, 4) is 0 Å². The molecular formula is C15H15F4NO. The van der Waals surface area contributed by atoms with E-state index < -0.39 is 17.6 Å². The summed E-state index contributed by atoms with van der Waals surface area (Å²) in [4.78, 5) is 0. The molecule has 0 aliphatic heterocycles. The lowest BCUT2D eigenvalue weighted by atomic mass is 9.98. The molecule has 0 amide bonds. The SMILES string of the molecule is CCNC(Cc1ccoc1)c1ccc(F)c(C(F)(F)F)c1. The average molecular weight is 301 g/mol. The third kappa shape index (κ3) is 3.85. The molecule has 2 rings (SSSR count). The van der Waals surface area contributed by atoms with E-state index in [1.54, 1.807) is 12.3 Å². The van der Waals surface area contributed by atoms with Gasteiger partial charge in [-0.05, 0) is 42.3 Å². The third-order valence-electron chi connectivity index (χ3n) is 3.17. The number of furan rings is 1. The molecule has 1 unspecified atom stereocenters. The minimum absolute atomic E-state index is 0.339. The smallest absolute Gasteiger partial charge is 0.419 e. The molecule has 6 heteroatoms. The van der Waals surface area contributed by atoms with Crippen molar-refractivity contribution in [2.24, 2.45) is 0 Å². The average Bonchev–Trinajstić information content (AvgIpc) is 2.90. The fourth-order valence-corrected chi connectivity index (χ4v) is 2.18. The summed E-state index contributed by atoms with van der Waals surface area (Å²) in [5.41, 5.74) is 0.0145. The molecule has 114 valence electrons. The van der Waals surface area contributed by atoms with Crippen LogP contribution in [0, 0.1) is 5.82 Å². The topological polar surface area (TPSA) is 25.2 Å². The zero-order valence-electron chi connectivity index (χ0n) is 11.4. The van der Waals surface area contributed by atoms with E-state index in [1.165, 1.54) is 12.3 Å². The van der Waals surface area contributed by atoms with E-state index in [1.807, 2.05) is 6.92 Å². The Balaban J connectivity index is 2.32. The molecule has 0 fully saturated rings. The molecule has 0 aliphatic carbocycles. The van der Waals surface area contributed by atoms with Gasteiger partial charge in [0.15, 0.2) is 0 Å². The van der Waals surface area contributed by atoms with Crippen molar-refractivity contribution in [2.75, 3.05) is 6.54 Å². The summed E-state index contributed by atoms with van der Waals surface area (Å²) in [7, 11) is 0. The van der Waals surface area contributed by atoms with Crippen LogP contribution in [0.25, 0.3) is 0 Å². The van der Waals surface area contributed by atoms with E-state index in [9.17, 15) is 17.6 Å². The van der Waals surface area contributed by atoms with Gasteiger partial charge < -0.3 is 9.73 Å². The Labute approximate surface area is 119 Å². The molecule has 1 aromatic heterocycles. The number of alkyl halides is 3. The molecule has 1 heterocycles. The summed E-state index contributed by atoms with van der Waals surface area (Å²) in [5.74, 6) is -1.26. The number of rotatable bonds is 5. The predicted molar refractivity (Wildman–Crippen MR) is 70.2 cm³/mol. The van der Waals surface area contributed by atoms with Crippen molar-refractivity contribution in [3.63, 3.8) is 0 Å². The first-order valence-corrected chi connectivity index (χ1v) is 6.53. The molecule has 2 aromatic rings. The van der Waals surface area contributed by atoms with Crippen molar-refractivity contribution in [3.05, 3.63) is 59.3 Å². The van der Waals surface area contributed by atoms with E-state index in [-0.39, 0.29) is 6.04 Å². The first kappa shape index (κ1) is 15.6. The highest BCUT2D eigenvalue weighted by atomic mass is 19.4. The molecule has 1 aromatic carbocycles. The molecule has 0 aliphatic rings. The lowest BCUT2D eigenvalue weighted by molar-refractivity contribution is -0.140. The number of hydrogen-bond donors (Lipinski definition) is 1. The normalized spacial score (nSPS) is 13.4. The Hall–Kier alpha value is -1.82. The molecule has 1 N–H and O–H groups in total. The van der Waals surface area contributed by atoms with E-state index in [2.05, 4.69) is 5.32 Å². The van der Waals surface area contributed by atoms with Crippen LogP contribution in [0.4, 0.5) is 17.6 Å². The van der Waals surface area contributed by atoms with Gasteiger partial charge in [0.1, 0.15) is 5.82 Å². The van der Waals surface area contributed by atoms with Gasteiger partial charge in [0.2, 0.25) is 0 Å². The van der Waals surface area contributed by atoms with Crippen molar-refractivity contribution >= 4 is 0 Å². The minimum Gasteiger partial charge on any atom is -0.472 e. The Bertz CT molecular complexity index is 578. The van der Waals surface area contributed by atoms with Gasteiger partial charge >= 0.3 is 6.18 Å². The molecule has 0 spiro atoms. The summed E-state index contributed by atoms with van der Waals surface area (Å²) < 4.78 is 56.6. The van der Waals surface area contributed by atoms with Gasteiger partial charge in [-0.3, -0.25) is 0 Å². The van der Waals surface area contributed by atoms with Crippen molar-refractivity contribution in [2.45, 2.75) is 25.6 Å². The van der Waals surface area contributed by atoms with Crippen molar-refractivity contribution in [1.82, 2.24) is 5.32 Å². The summed E-state index contributed by atoms with van der Waals surface area (Å²) in [6.07, 6.45) is -1.19. The first-order chi connectivity index (χ1) is 9.91. The van der Waals surface area contributed by atoms with Crippen LogP contribution >= 0.6 is 0 Å². The van der Waals surface area contributed by atoms with Crippen molar-refractivity contribution < 1.29 is 22.0 Å². The second-order valence-electron chi connectivity index (χ2n) is 4.68. The zero-order valence-corrected chi connectivity index (χ0v) is 11.4. The highest BCUT2D eigenvalue weighted by Gasteiger charge is 2.34. The molecule has 0 saturated carbocycles. The Morgan fingerprint density at radius 2 is 2.00 bits per heavy atom. The number of halogens is 4. The third-order valence-corrected chi connectivity index (χ3v) is 3.17. The maximum Gasteiger partial charge on any atom is 0.419 e. The van der Waals surface area contributed by atoms with Crippen LogP contribution in [0.2, 0.25) is 0 Å². The highest BCUT2D eigenvalue weighted by Crippen LogP contribution is 2.33. The molecule has 0 bridgehead atoms. The Morgan fingerprint density at radius 3 is 2.57 bits per heavy atom. The van der Waals surface area contributed by atoms with E-state index in [0.29, 0.717) is 18.5 Å². The van der Waals surface area contributed by atoms with E-state index >= 15 is 0 Å². The van der Waals surface area contributed by atoms with Crippen LogP contribution in [-0.4, -0.2) is 6.54 Å². The van der Waals surface area contributed by atoms with Crippen LogP contribution in [-0.2, 0) is 12.6 Å². The van der Waals surface area contributed by atoms with Gasteiger partial charge in [0.05, 0.1) is 18.1 Å². The summed E-state index contributed by atoms with van der Waals surface area (Å²) in [6, 6.07) is 4.51. The maximum absolute atomic E-state index is 13.3. The van der Waals surface area contributed by atoms with Crippen molar-refractivity contribution in [1.29, 1.82) is 0 Å². The summed E-state index contributed by atoms with van der Waals surface area (Å²) in [6.45, 7) is 2.44. The summed E-state index contributed by atoms with van der Waals surface area (Å²) in [5, 5.41) is 3.10. The molecular weight excluding hydrogens is 286 g/mol.